The third kappa shape index (κ3) is 4.73. The molecule has 3 nitrogen and oxygen atoms in total. The quantitative estimate of drug-likeness (QED) is 0.619. The second-order valence-electron chi connectivity index (χ2n) is 3.83. The summed E-state index contributed by atoms with van der Waals surface area (Å²) < 4.78 is 42.1. The van der Waals surface area contributed by atoms with E-state index < -0.39 is 17.7 Å². The number of aliphatic imine (C=N–C) groups is 1. The molecular formula is C13H14F3NO2. The van der Waals surface area contributed by atoms with Crippen LogP contribution in [0.15, 0.2) is 29.3 Å². The number of methoxy groups -OCH3 is 1. The van der Waals surface area contributed by atoms with Crippen molar-refractivity contribution in [2.45, 2.75) is 25.9 Å². The lowest BCUT2D eigenvalue weighted by Gasteiger charge is -2.07. The highest BCUT2D eigenvalue weighted by molar-refractivity contribution is 5.99. The minimum atomic E-state index is -4.40. The van der Waals surface area contributed by atoms with E-state index in [0.29, 0.717) is 12.1 Å². The van der Waals surface area contributed by atoms with E-state index in [1.807, 2.05) is 0 Å². The van der Waals surface area contributed by atoms with Crippen LogP contribution in [0.4, 0.5) is 18.9 Å². The number of benzene rings is 1. The van der Waals surface area contributed by atoms with Crippen LogP contribution < -0.4 is 0 Å². The molecule has 0 spiro atoms. The van der Waals surface area contributed by atoms with Gasteiger partial charge < -0.3 is 4.74 Å². The van der Waals surface area contributed by atoms with Crippen molar-refractivity contribution in [2.24, 2.45) is 4.99 Å². The molecule has 0 bridgehead atoms. The number of rotatable bonds is 4. The standard InChI is InChI=1S/C13H14F3NO2/c1-3-10(8-12(18)19-2)17-11-6-4-5-9(7-11)13(14,15)16/h4-7H,3,8H2,1-2H3. The number of hydrogen-bond acceptors (Lipinski definition) is 3. The first-order chi connectivity index (χ1) is 8.86. The zero-order chi connectivity index (χ0) is 14.5. The van der Waals surface area contributed by atoms with Gasteiger partial charge in [-0.1, -0.05) is 13.0 Å². The Balaban J connectivity index is 2.99. The minimum Gasteiger partial charge on any atom is -0.469 e. The first-order valence-corrected chi connectivity index (χ1v) is 5.67. The lowest BCUT2D eigenvalue weighted by Crippen LogP contribution is -2.08. The van der Waals surface area contributed by atoms with Crippen LogP contribution in [-0.2, 0) is 15.7 Å². The van der Waals surface area contributed by atoms with Crippen LogP contribution >= 0.6 is 0 Å². The molecule has 0 aliphatic carbocycles. The summed E-state index contributed by atoms with van der Waals surface area (Å²) in [6.45, 7) is 1.77. The highest BCUT2D eigenvalue weighted by Crippen LogP contribution is 2.31. The van der Waals surface area contributed by atoms with Crippen molar-refractivity contribution in [1.29, 1.82) is 0 Å². The smallest absolute Gasteiger partial charge is 0.416 e. The fraction of sp³-hybridized carbons (Fsp3) is 0.385. The first-order valence-electron chi connectivity index (χ1n) is 5.67. The Kier molecular flexibility index (Phi) is 5.09. The van der Waals surface area contributed by atoms with Crippen LogP contribution in [-0.4, -0.2) is 18.8 Å². The third-order valence-corrected chi connectivity index (χ3v) is 2.44. The average Bonchev–Trinajstić information content (AvgIpc) is 2.37. The second kappa shape index (κ2) is 6.36. The van der Waals surface area contributed by atoms with Crippen molar-refractivity contribution in [3.8, 4) is 0 Å². The van der Waals surface area contributed by atoms with Crippen molar-refractivity contribution < 1.29 is 22.7 Å². The van der Waals surface area contributed by atoms with Crippen molar-refractivity contribution in [2.75, 3.05) is 7.11 Å². The second-order valence-corrected chi connectivity index (χ2v) is 3.83. The van der Waals surface area contributed by atoms with E-state index in [9.17, 15) is 18.0 Å². The summed E-state index contributed by atoms with van der Waals surface area (Å²) in [7, 11) is 1.25. The van der Waals surface area contributed by atoms with Gasteiger partial charge in [-0.3, -0.25) is 9.79 Å². The Bertz CT molecular complexity index is 481. The molecule has 0 heterocycles. The van der Waals surface area contributed by atoms with E-state index in [4.69, 9.17) is 0 Å². The van der Waals surface area contributed by atoms with Crippen LogP contribution in [0, 0.1) is 0 Å². The first kappa shape index (κ1) is 15.2. The Hall–Kier alpha value is -1.85. The predicted molar refractivity (Wildman–Crippen MR) is 65.5 cm³/mol. The van der Waals surface area contributed by atoms with Gasteiger partial charge in [-0.05, 0) is 24.6 Å². The van der Waals surface area contributed by atoms with Gasteiger partial charge in [0.25, 0.3) is 0 Å². The number of esters is 1. The number of hydrogen-bond donors (Lipinski definition) is 0. The molecule has 0 unspecified atom stereocenters. The van der Waals surface area contributed by atoms with Gasteiger partial charge in [0.05, 0.1) is 24.8 Å². The molecule has 0 aromatic heterocycles. The van der Waals surface area contributed by atoms with Crippen molar-refractivity contribution >= 4 is 17.4 Å². The summed E-state index contributed by atoms with van der Waals surface area (Å²) >= 11 is 0. The van der Waals surface area contributed by atoms with E-state index in [1.54, 1.807) is 6.92 Å². The Morgan fingerprint density at radius 3 is 2.58 bits per heavy atom. The van der Waals surface area contributed by atoms with Crippen LogP contribution in [0.3, 0.4) is 0 Å². The summed E-state index contributed by atoms with van der Waals surface area (Å²) in [6.07, 6.45) is -3.96. The fourth-order valence-electron chi connectivity index (χ4n) is 1.42. The van der Waals surface area contributed by atoms with Crippen LogP contribution in [0.25, 0.3) is 0 Å². The van der Waals surface area contributed by atoms with Crippen molar-refractivity contribution in [1.82, 2.24) is 0 Å². The Labute approximate surface area is 109 Å². The number of nitrogens with zero attached hydrogens (tertiary/aromatic N) is 1. The molecule has 0 aliphatic heterocycles. The fourth-order valence-corrected chi connectivity index (χ4v) is 1.42. The van der Waals surface area contributed by atoms with Gasteiger partial charge in [0.1, 0.15) is 0 Å². The van der Waals surface area contributed by atoms with Crippen LogP contribution in [0.1, 0.15) is 25.3 Å². The highest BCUT2D eigenvalue weighted by Gasteiger charge is 2.30. The number of carbonyl (C=O) groups is 1. The maximum absolute atomic E-state index is 12.5. The summed E-state index contributed by atoms with van der Waals surface area (Å²) in [5, 5.41) is 0. The molecule has 1 aromatic rings. The van der Waals surface area contributed by atoms with Gasteiger partial charge >= 0.3 is 12.1 Å². The van der Waals surface area contributed by atoms with E-state index in [0.717, 1.165) is 12.1 Å². The molecule has 0 aliphatic rings. The molecule has 0 fully saturated rings. The number of halogens is 3. The van der Waals surface area contributed by atoms with E-state index in [1.165, 1.54) is 19.2 Å². The molecule has 104 valence electrons. The molecule has 0 radical (unpaired) electrons. The molecule has 0 saturated heterocycles. The average molecular weight is 273 g/mol. The van der Waals surface area contributed by atoms with Crippen molar-refractivity contribution in [3.63, 3.8) is 0 Å². The molecule has 0 atom stereocenters. The molecular weight excluding hydrogens is 259 g/mol. The summed E-state index contributed by atoms with van der Waals surface area (Å²) in [4.78, 5) is 15.2. The number of carbonyl (C=O) groups excluding carboxylic acids is 1. The summed E-state index contributed by atoms with van der Waals surface area (Å²) in [6, 6.07) is 4.67. The van der Waals surface area contributed by atoms with E-state index in [2.05, 4.69) is 9.73 Å². The maximum Gasteiger partial charge on any atom is 0.416 e. The van der Waals surface area contributed by atoms with Gasteiger partial charge in [0.15, 0.2) is 0 Å². The molecule has 19 heavy (non-hydrogen) atoms. The van der Waals surface area contributed by atoms with E-state index >= 15 is 0 Å². The van der Waals surface area contributed by atoms with Gasteiger partial charge in [0.2, 0.25) is 0 Å². The predicted octanol–water partition coefficient (Wildman–Crippen LogP) is 3.75. The lowest BCUT2D eigenvalue weighted by molar-refractivity contribution is -0.139. The monoisotopic (exact) mass is 273 g/mol. The minimum absolute atomic E-state index is 0.0246. The third-order valence-electron chi connectivity index (χ3n) is 2.44. The topological polar surface area (TPSA) is 38.7 Å². The van der Waals surface area contributed by atoms with Gasteiger partial charge in [-0.25, -0.2) is 0 Å². The Morgan fingerprint density at radius 1 is 1.37 bits per heavy atom. The molecule has 0 saturated carbocycles. The number of ether oxygens (including phenoxy) is 1. The molecule has 0 amide bonds. The number of alkyl halides is 3. The van der Waals surface area contributed by atoms with Gasteiger partial charge in [0, 0.05) is 5.71 Å². The Morgan fingerprint density at radius 2 is 2.05 bits per heavy atom. The van der Waals surface area contributed by atoms with E-state index in [-0.39, 0.29) is 12.1 Å². The van der Waals surface area contributed by atoms with Crippen molar-refractivity contribution in [3.05, 3.63) is 29.8 Å². The van der Waals surface area contributed by atoms with Crippen LogP contribution in [0.2, 0.25) is 0 Å². The maximum atomic E-state index is 12.5. The lowest BCUT2D eigenvalue weighted by atomic mass is 10.1. The van der Waals surface area contributed by atoms with Crippen LogP contribution in [0.5, 0.6) is 0 Å². The van der Waals surface area contributed by atoms with Gasteiger partial charge in [-0.15, -0.1) is 0 Å². The highest BCUT2D eigenvalue weighted by atomic mass is 19.4. The normalized spacial score (nSPS) is 12.4. The summed E-state index contributed by atoms with van der Waals surface area (Å²) in [5.41, 5.74) is -0.107. The van der Waals surface area contributed by atoms with Gasteiger partial charge in [-0.2, -0.15) is 13.2 Å². The zero-order valence-electron chi connectivity index (χ0n) is 10.6. The molecule has 0 N–H and O–H groups in total. The molecule has 1 aromatic carbocycles. The summed E-state index contributed by atoms with van der Waals surface area (Å²) in [5.74, 6) is -0.465. The molecule has 6 heteroatoms. The largest absolute Gasteiger partial charge is 0.469 e. The zero-order valence-corrected chi connectivity index (χ0v) is 10.6. The SMILES string of the molecule is CCC(CC(=O)OC)=Nc1cccc(C(F)(F)F)c1. The molecule has 1 rings (SSSR count).